The molecule has 2 aromatic rings. The molecule has 0 radical (unpaired) electrons. The molecule has 0 saturated heterocycles. The molecule has 4 nitrogen and oxygen atoms in total. The van der Waals surface area contributed by atoms with Gasteiger partial charge >= 0.3 is 0 Å². The van der Waals surface area contributed by atoms with Crippen LogP contribution in [-0.4, -0.2) is 10.1 Å². The molecule has 0 spiro atoms. The Balaban J connectivity index is 2.37. The first kappa shape index (κ1) is 10.2. The van der Waals surface area contributed by atoms with Crippen molar-refractivity contribution in [3.8, 4) is 11.5 Å². The van der Waals surface area contributed by atoms with Crippen molar-refractivity contribution < 1.29 is 8.94 Å². The summed E-state index contributed by atoms with van der Waals surface area (Å²) in [5, 5.41) is 3.54. The van der Waals surface area contributed by atoms with E-state index in [1.165, 1.54) is 0 Å². The number of alkyl halides is 1. The summed E-state index contributed by atoms with van der Waals surface area (Å²) < 4.78 is 10.4. The van der Waals surface area contributed by atoms with Gasteiger partial charge in [0.25, 0.3) is 5.89 Å². The Labute approximate surface area is 92.2 Å². The van der Waals surface area contributed by atoms with Gasteiger partial charge in [-0.1, -0.05) is 12.1 Å². The predicted octanol–water partition coefficient (Wildman–Crippen LogP) is 3.19. The SMILES string of the molecule is CCc1occc1-c1nc(C(C)Cl)no1. The third-order valence-electron chi connectivity index (χ3n) is 2.09. The molecule has 0 N–H and O–H groups in total. The van der Waals surface area contributed by atoms with Crippen LogP contribution in [0.2, 0.25) is 0 Å². The van der Waals surface area contributed by atoms with Gasteiger partial charge in [-0.15, -0.1) is 11.6 Å². The second-order valence-corrected chi connectivity index (χ2v) is 3.84. The molecule has 0 bridgehead atoms. The first-order valence-electron chi connectivity index (χ1n) is 4.76. The van der Waals surface area contributed by atoms with Gasteiger partial charge in [0.15, 0.2) is 5.82 Å². The number of aryl methyl sites for hydroxylation is 1. The Kier molecular flexibility index (Phi) is 2.77. The molecule has 2 heterocycles. The van der Waals surface area contributed by atoms with Gasteiger partial charge in [0, 0.05) is 6.42 Å². The van der Waals surface area contributed by atoms with Crippen LogP contribution in [0.1, 0.15) is 30.8 Å². The summed E-state index contributed by atoms with van der Waals surface area (Å²) in [6.07, 6.45) is 2.40. The zero-order chi connectivity index (χ0) is 10.8. The number of halogens is 1. The summed E-state index contributed by atoms with van der Waals surface area (Å²) in [5.41, 5.74) is 0.841. The fraction of sp³-hybridized carbons (Fsp3) is 0.400. The van der Waals surface area contributed by atoms with E-state index in [9.17, 15) is 0 Å². The van der Waals surface area contributed by atoms with Crippen molar-refractivity contribution in [1.29, 1.82) is 0 Å². The molecule has 0 saturated carbocycles. The minimum Gasteiger partial charge on any atom is -0.469 e. The van der Waals surface area contributed by atoms with E-state index < -0.39 is 0 Å². The predicted molar refractivity (Wildman–Crippen MR) is 55.6 cm³/mol. The van der Waals surface area contributed by atoms with Crippen LogP contribution in [0.4, 0.5) is 0 Å². The smallest absolute Gasteiger partial charge is 0.261 e. The Bertz CT molecular complexity index is 448. The monoisotopic (exact) mass is 226 g/mol. The van der Waals surface area contributed by atoms with Crippen LogP contribution >= 0.6 is 11.6 Å². The van der Waals surface area contributed by atoms with Crippen LogP contribution in [-0.2, 0) is 6.42 Å². The highest BCUT2D eigenvalue weighted by molar-refractivity contribution is 6.20. The molecule has 80 valence electrons. The molecule has 0 aliphatic heterocycles. The molecule has 15 heavy (non-hydrogen) atoms. The van der Waals surface area contributed by atoms with Gasteiger partial charge in [-0.2, -0.15) is 4.98 Å². The number of furan rings is 1. The maximum absolute atomic E-state index is 5.84. The third kappa shape index (κ3) is 1.90. The van der Waals surface area contributed by atoms with Crippen molar-refractivity contribution in [1.82, 2.24) is 10.1 Å². The Morgan fingerprint density at radius 2 is 2.33 bits per heavy atom. The molecule has 0 aliphatic rings. The van der Waals surface area contributed by atoms with Crippen LogP contribution < -0.4 is 0 Å². The van der Waals surface area contributed by atoms with Gasteiger partial charge in [-0.05, 0) is 13.0 Å². The highest BCUT2D eigenvalue weighted by Gasteiger charge is 2.16. The van der Waals surface area contributed by atoms with Crippen molar-refractivity contribution in [3.63, 3.8) is 0 Å². The van der Waals surface area contributed by atoms with E-state index in [1.54, 1.807) is 13.2 Å². The van der Waals surface area contributed by atoms with Crippen LogP contribution in [0.25, 0.3) is 11.5 Å². The van der Waals surface area contributed by atoms with E-state index in [4.69, 9.17) is 20.5 Å². The standard InChI is InChI=1S/C10H11ClN2O2/c1-3-8-7(4-5-14-8)10-12-9(6(2)11)13-15-10/h4-6H,3H2,1-2H3. The maximum Gasteiger partial charge on any atom is 0.261 e. The maximum atomic E-state index is 5.84. The second-order valence-electron chi connectivity index (χ2n) is 3.18. The normalized spacial score (nSPS) is 13.0. The van der Waals surface area contributed by atoms with E-state index in [1.807, 2.05) is 13.0 Å². The number of hydrogen-bond donors (Lipinski definition) is 0. The van der Waals surface area contributed by atoms with Gasteiger partial charge in [-0.3, -0.25) is 0 Å². The highest BCUT2D eigenvalue weighted by Crippen LogP contribution is 2.25. The molecule has 1 unspecified atom stereocenters. The minimum absolute atomic E-state index is 0.250. The molecule has 0 aliphatic carbocycles. The zero-order valence-electron chi connectivity index (χ0n) is 8.53. The fourth-order valence-corrected chi connectivity index (χ4v) is 1.40. The molecule has 1 atom stereocenters. The number of aromatic nitrogens is 2. The van der Waals surface area contributed by atoms with E-state index in [2.05, 4.69) is 10.1 Å². The summed E-state index contributed by atoms with van der Waals surface area (Å²) in [6.45, 7) is 3.80. The Morgan fingerprint density at radius 1 is 1.53 bits per heavy atom. The first-order valence-corrected chi connectivity index (χ1v) is 5.20. The molecular weight excluding hydrogens is 216 g/mol. The lowest BCUT2D eigenvalue weighted by Gasteiger charge is -1.92. The van der Waals surface area contributed by atoms with Crippen molar-refractivity contribution in [3.05, 3.63) is 23.9 Å². The summed E-state index contributed by atoms with van der Waals surface area (Å²) in [4.78, 5) is 4.19. The van der Waals surface area contributed by atoms with Crippen molar-refractivity contribution in [2.45, 2.75) is 25.6 Å². The van der Waals surface area contributed by atoms with Crippen molar-refractivity contribution in [2.24, 2.45) is 0 Å². The van der Waals surface area contributed by atoms with Crippen LogP contribution in [0.5, 0.6) is 0 Å². The topological polar surface area (TPSA) is 52.1 Å². The van der Waals surface area contributed by atoms with E-state index in [-0.39, 0.29) is 5.38 Å². The molecule has 2 aromatic heterocycles. The average molecular weight is 227 g/mol. The lowest BCUT2D eigenvalue weighted by atomic mass is 10.2. The molecule has 0 fully saturated rings. The minimum atomic E-state index is -0.250. The van der Waals surface area contributed by atoms with Crippen molar-refractivity contribution in [2.75, 3.05) is 0 Å². The fourth-order valence-electron chi connectivity index (χ4n) is 1.31. The number of nitrogens with zero attached hydrogens (tertiary/aromatic N) is 2. The summed E-state index contributed by atoms with van der Waals surface area (Å²) >= 11 is 5.84. The Hall–Kier alpha value is -1.29. The van der Waals surface area contributed by atoms with E-state index in [0.717, 1.165) is 17.7 Å². The lowest BCUT2D eigenvalue weighted by molar-refractivity contribution is 0.420. The van der Waals surface area contributed by atoms with Crippen LogP contribution in [0.15, 0.2) is 21.3 Å². The zero-order valence-corrected chi connectivity index (χ0v) is 9.28. The van der Waals surface area contributed by atoms with Gasteiger partial charge < -0.3 is 8.94 Å². The van der Waals surface area contributed by atoms with E-state index in [0.29, 0.717) is 11.7 Å². The highest BCUT2D eigenvalue weighted by atomic mass is 35.5. The van der Waals surface area contributed by atoms with Gasteiger partial charge in [0.1, 0.15) is 5.76 Å². The van der Waals surface area contributed by atoms with E-state index >= 15 is 0 Å². The third-order valence-corrected chi connectivity index (χ3v) is 2.29. The average Bonchev–Trinajstić information content (AvgIpc) is 2.85. The molecule has 5 heteroatoms. The molecular formula is C10H11ClN2O2. The summed E-state index contributed by atoms with van der Waals surface area (Å²) in [7, 11) is 0. The largest absolute Gasteiger partial charge is 0.469 e. The van der Waals surface area contributed by atoms with Crippen LogP contribution in [0, 0.1) is 0 Å². The van der Waals surface area contributed by atoms with Gasteiger partial charge in [0.2, 0.25) is 0 Å². The quantitative estimate of drug-likeness (QED) is 0.755. The number of rotatable bonds is 3. The number of hydrogen-bond acceptors (Lipinski definition) is 4. The van der Waals surface area contributed by atoms with Gasteiger partial charge in [-0.25, -0.2) is 0 Å². The molecule has 2 rings (SSSR count). The lowest BCUT2D eigenvalue weighted by Crippen LogP contribution is -1.87. The summed E-state index contributed by atoms with van der Waals surface area (Å²) in [5.74, 6) is 1.80. The summed E-state index contributed by atoms with van der Waals surface area (Å²) in [6, 6.07) is 1.81. The van der Waals surface area contributed by atoms with Crippen LogP contribution in [0.3, 0.4) is 0 Å². The second kappa shape index (κ2) is 4.06. The first-order chi connectivity index (χ1) is 7.22. The molecule has 0 amide bonds. The van der Waals surface area contributed by atoms with Crippen molar-refractivity contribution >= 4 is 11.6 Å². The van der Waals surface area contributed by atoms with Gasteiger partial charge in [0.05, 0.1) is 17.2 Å². The Morgan fingerprint density at radius 3 is 2.93 bits per heavy atom. The molecule has 0 aromatic carbocycles.